The molecule has 0 bridgehead atoms. The molecule has 0 radical (unpaired) electrons. The highest BCUT2D eigenvalue weighted by Gasteiger charge is 2.19. The van der Waals surface area contributed by atoms with Crippen LogP contribution in [0, 0.1) is 0 Å². The van der Waals surface area contributed by atoms with E-state index < -0.39 is 12.2 Å². The molecule has 24 heavy (non-hydrogen) atoms. The summed E-state index contributed by atoms with van der Waals surface area (Å²) in [5, 5.41) is 11.9. The summed E-state index contributed by atoms with van der Waals surface area (Å²) in [5.41, 5.74) is 0.560. The molecule has 0 unspecified atom stereocenters. The number of anilines is 1. The number of nitrogens with zero attached hydrogens (tertiary/aromatic N) is 2. The van der Waals surface area contributed by atoms with Crippen molar-refractivity contribution < 1.29 is 24.2 Å². The van der Waals surface area contributed by atoms with E-state index in [0.717, 1.165) is 4.90 Å². The van der Waals surface area contributed by atoms with E-state index in [-0.39, 0.29) is 19.0 Å². The maximum atomic E-state index is 12.4. The monoisotopic (exact) mass is 357 g/mol. The first-order valence-electron chi connectivity index (χ1n) is 7.17. The zero-order chi connectivity index (χ0) is 18.1. The van der Waals surface area contributed by atoms with Crippen molar-refractivity contribution in [1.29, 1.82) is 0 Å². The quantitative estimate of drug-likeness (QED) is 0.727. The lowest BCUT2D eigenvalue weighted by Gasteiger charge is -2.25. The van der Waals surface area contributed by atoms with Gasteiger partial charge in [-0.1, -0.05) is 17.7 Å². The first-order valence-corrected chi connectivity index (χ1v) is 7.54. The number of carbonyl (C=O) groups is 3. The van der Waals surface area contributed by atoms with Crippen molar-refractivity contribution in [3.05, 3.63) is 29.3 Å². The number of carboxylic acid groups (broad SMARTS) is 1. The van der Waals surface area contributed by atoms with Crippen LogP contribution in [-0.4, -0.2) is 61.9 Å². The van der Waals surface area contributed by atoms with E-state index in [1.54, 1.807) is 24.3 Å². The summed E-state index contributed by atoms with van der Waals surface area (Å²) >= 11 is 5.96. The Morgan fingerprint density at radius 3 is 2.62 bits per heavy atom. The van der Waals surface area contributed by atoms with Crippen LogP contribution in [0.1, 0.15) is 6.42 Å². The van der Waals surface area contributed by atoms with E-state index in [2.05, 4.69) is 10.1 Å². The number of amides is 3. The molecule has 9 heteroatoms. The Kier molecular flexibility index (Phi) is 7.84. The summed E-state index contributed by atoms with van der Waals surface area (Å²) in [4.78, 5) is 36.7. The number of methoxy groups -OCH3 is 1. The summed E-state index contributed by atoms with van der Waals surface area (Å²) in [5.74, 6) is -0.389. The topological polar surface area (TPSA) is 99.2 Å². The van der Waals surface area contributed by atoms with Gasteiger partial charge in [-0.3, -0.25) is 4.79 Å². The first kappa shape index (κ1) is 19.6. The van der Waals surface area contributed by atoms with Gasteiger partial charge in [0.15, 0.2) is 0 Å². The summed E-state index contributed by atoms with van der Waals surface area (Å²) in [7, 11) is 2.58. The Balaban J connectivity index is 2.77. The molecule has 132 valence electrons. The molecule has 2 N–H and O–H groups in total. The Labute approximate surface area is 144 Å². The first-order chi connectivity index (χ1) is 11.3. The van der Waals surface area contributed by atoms with Crippen molar-refractivity contribution in [2.45, 2.75) is 6.42 Å². The minimum atomic E-state index is -1.19. The zero-order valence-corrected chi connectivity index (χ0v) is 14.2. The van der Waals surface area contributed by atoms with Gasteiger partial charge in [-0.25, -0.2) is 9.59 Å². The largest absolute Gasteiger partial charge is 0.465 e. The maximum Gasteiger partial charge on any atom is 0.407 e. The molecule has 0 aliphatic carbocycles. The lowest BCUT2D eigenvalue weighted by atomic mass is 10.2. The molecular formula is C15H20ClN3O5. The van der Waals surface area contributed by atoms with Crippen LogP contribution in [-0.2, 0) is 9.53 Å². The molecule has 0 heterocycles. The van der Waals surface area contributed by atoms with Crippen LogP contribution in [0.2, 0.25) is 5.02 Å². The number of carbonyl (C=O) groups excluding carboxylic acids is 2. The van der Waals surface area contributed by atoms with Crippen LogP contribution in [0.5, 0.6) is 0 Å². The third kappa shape index (κ3) is 6.33. The second kappa shape index (κ2) is 9.61. The number of hydrogen-bond acceptors (Lipinski definition) is 4. The van der Waals surface area contributed by atoms with Crippen LogP contribution in [0.15, 0.2) is 24.3 Å². The highest BCUT2D eigenvalue weighted by Crippen LogP contribution is 2.20. The van der Waals surface area contributed by atoms with Gasteiger partial charge in [0.2, 0.25) is 5.91 Å². The Morgan fingerprint density at radius 2 is 2.04 bits per heavy atom. The van der Waals surface area contributed by atoms with Gasteiger partial charge in [0, 0.05) is 30.8 Å². The molecule has 0 saturated carbocycles. The predicted octanol–water partition coefficient (Wildman–Crippen LogP) is 2.03. The number of halogens is 1. The SMILES string of the molecule is COC(=O)NCCCN(C(=O)CN(C)C(=O)O)c1cccc(Cl)c1. The van der Waals surface area contributed by atoms with Crippen molar-refractivity contribution in [2.75, 3.05) is 38.7 Å². The van der Waals surface area contributed by atoms with Gasteiger partial charge < -0.3 is 25.0 Å². The standard InChI is InChI=1S/C15H20ClN3O5/c1-18(15(22)23)10-13(20)19(8-4-7-17-14(21)24-2)12-6-3-5-11(16)9-12/h3,5-6,9H,4,7-8,10H2,1-2H3,(H,17,21)(H,22,23). The highest BCUT2D eigenvalue weighted by molar-refractivity contribution is 6.30. The fraction of sp³-hybridized carbons (Fsp3) is 0.400. The normalized spacial score (nSPS) is 9.96. The molecular weight excluding hydrogens is 338 g/mol. The van der Waals surface area contributed by atoms with E-state index in [0.29, 0.717) is 23.7 Å². The maximum absolute atomic E-state index is 12.4. The third-order valence-corrected chi connectivity index (χ3v) is 3.37. The lowest BCUT2D eigenvalue weighted by Crippen LogP contribution is -2.42. The fourth-order valence-corrected chi connectivity index (χ4v) is 2.08. The summed E-state index contributed by atoms with van der Waals surface area (Å²) in [6.45, 7) is 0.314. The van der Waals surface area contributed by atoms with Crippen LogP contribution in [0.3, 0.4) is 0 Å². The van der Waals surface area contributed by atoms with Gasteiger partial charge in [0.25, 0.3) is 0 Å². The average Bonchev–Trinajstić information content (AvgIpc) is 2.54. The van der Waals surface area contributed by atoms with E-state index in [4.69, 9.17) is 16.7 Å². The molecule has 1 aromatic carbocycles. The molecule has 0 aliphatic rings. The Bertz CT molecular complexity index is 596. The second-order valence-corrected chi connectivity index (χ2v) is 5.37. The number of likely N-dealkylation sites (N-methyl/N-ethyl adjacent to an activating group) is 1. The molecule has 0 saturated heterocycles. The molecule has 0 aromatic heterocycles. The molecule has 0 spiro atoms. The van der Waals surface area contributed by atoms with Gasteiger partial charge in [-0.05, 0) is 24.6 Å². The molecule has 1 aromatic rings. The number of alkyl carbamates (subject to hydrolysis) is 1. The van der Waals surface area contributed by atoms with Gasteiger partial charge in [0.1, 0.15) is 6.54 Å². The minimum Gasteiger partial charge on any atom is -0.465 e. The Morgan fingerprint density at radius 1 is 1.33 bits per heavy atom. The van der Waals surface area contributed by atoms with Crippen molar-refractivity contribution >= 4 is 35.4 Å². The average molecular weight is 358 g/mol. The second-order valence-electron chi connectivity index (χ2n) is 4.94. The van der Waals surface area contributed by atoms with Gasteiger partial charge in [0.05, 0.1) is 7.11 Å². The van der Waals surface area contributed by atoms with Crippen molar-refractivity contribution in [3.63, 3.8) is 0 Å². The molecule has 3 amide bonds. The summed E-state index contributed by atoms with van der Waals surface area (Å²) < 4.78 is 4.46. The van der Waals surface area contributed by atoms with Gasteiger partial charge >= 0.3 is 12.2 Å². The van der Waals surface area contributed by atoms with E-state index in [1.807, 2.05) is 0 Å². The minimum absolute atomic E-state index is 0.285. The predicted molar refractivity (Wildman–Crippen MR) is 89.5 cm³/mol. The van der Waals surface area contributed by atoms with Crippen LogP contribution < -0.4 is 10.2 Å². The van der Waals surface area contributed by atoms with Gasteiger partial charge in [-0.15, -0.1) is 0 Å². The number of nitrogens with one attached hydrogen (secondary N) is 1. The van der Waals surface area contributed by atoms with Crippen molar-refractivity contribution in [3.8, 4) is 0 Å². The summed E-state index contributed by atoms with van der Waals surface area (Å²) in [6, 6.07) is 6.70. The van der Waals surface area contributed by atoms with Crippen LogP contribution >= 0.6 is 11.6 Å². The number of hydrogen-bond donors (Lipinski definition) is 2. The fourth-order valence-electron chi connectivity index (χ4n) is 1.90. The van der Waals surface area contributed by atoms with Crippen molar-refractivity contribution in [2.24, 2.45) is 0 Å². The van der Waals surface area contributed by atoms with Crippen LogP contribution in [0.4, 0.5) is 15.3 Å². The number of rotatable bonds is 7. The van der Waals surface area contributed by atoms with Gasteiger partial charge in [-0.2, -0.15) is 0 Å². The van der Waals surface area contributed by atoms with Crippen molar-refractivity contribution in [1.82, 2.24) is 10.2 Å². The lowest BCUT2D eigenvalue weighted by molar-refractivity contribution is -0.119. The smallest absolute Gasteiger partial charge is 0.407 e. The molecule has 0 fully saturated rings. The van der Waals surface area contributed by atoms with E-state index >= 15 is 0 Å². The number of benzene rings is 1. The molecule has 8 nitrogen and oxygen atoms in total. The third-order valence-electron chi connectivity index (χ3n) is 3.13. The van der Waals surface area contributed by atoms with Crippen LogP contribution in [0.25, 0.3) is 0 Å². The molecule has 1 rings (SSSR count). The Hall–Kier alpha value is -2.48. The van der Waals surface area contributed by atoms with E-state index in [1.165, 1.54) is 19.1 Å². The molecule has 0 atom stereocenters. The summed E-state index contributed by atoms with van der Waals surface area (Å²) in [6.07, 6.45) is -1.28. The molecule has 0 aliphatic heterocycles. The number of ether oxygens (including phenoxy) is 1. The highest BCUT2D eigenvalue weighted by atomic mass is 35.5. The zero-order valence-electron chi connectivity index (χ0n) is 13.5. The van der Waals surface area contributed by atoms with E-state index in [9.17, 15) is 14.4 Å².